The van der Waals surface area contributed by atoms with E-state index in [1.54, 1.807) is 17.4 Å². The average molecular weight is 221 g/mol. The van der Waals surface area contributed by atoms with E-state index < -0.39 is 0 Å². The van der Waals surface area contributed by atoms with Crippen LogP contribution in [0.25, 0.3) is 10.6 Å². The Bertz CT molecular complexity index is 462. The first-order valence-corrected chi connectivity index (χ1v) is 5.76. The lowest BCUT2D eigenvalue weighted by atomic mass is 10.1. The van der Waals surface area contributed by atoms with Crippen molar-refractivity contribution in [3.8, 4) is 10.6 Å². The lowest BCUT2D eigenvalue weighted by Crippen LogP contribution is -1.86. The molecule has 0 aliphatic rings. The quantitative estimate of drug-likeness (QED) is 0.744. The first-order valence-electron chi connectivity index (χ1n) is 4.88. The number of nitrogens with zero attached hydrogens (tertiary/aromatic N) is 1. The van der Waals surface area contributed by atoms with E-state index in [-0.39, 0.29) is 5.82 Å². The van der Waals surface area contributed by atoms with E-state index in [9.17, 15) is 4.39 Å². The van der Waals surface area contributed by atoms with E-state index >= 15 is 0 Å². The summed E-state index contributed by atoms with van der Waals surface area (Å²) < 4.78 is 13.0. The van der Waals surface area contributed by atoms with Crippen molar-refractivity contribution in [1.29, 1.82) is 0 Å². The van der Waals surface area contributed by atoms with Gasteiger partial charge < -0.3 is 0 Å². The molecule has 3 heteroatoms. The summed E-state index contributed by atoms with van der Waals surface area (Å²) in [6, 6.07) is 6.55. The molecule has 2 aromatic rings. The van der Waals surface area contributed by atoms with Crippen LogP contribution in [0.3, 0.4) is 0 Å². The normalized spacial score (nSPS) is 10.9. The minimum absolute atomic E-state index is 0.214. The molecule has 0 bridgehead atoms. The molecule has 0 spiro atoms. The smallest absolute Gasteiger partial charge is 0.123 e. The van der Waals surface area contributed by atoms with Crippen molar-refractivity contribution < 1.29 is 4.39 Å². The SMILES string of the molecule is CC(C)c1csc(-c2cccc(F)c2)n1. The summed E-state index contributed by atoms with van der Waals surface area (Å²) >= 11 is 1.56. The van der Waals surface area contributed by atoms with Gasteiger partial charge in [-0.1, -0.05) is 26.0 Å². The first-order chi connectivity index (χ1) is 7.16. The highest BCUT2D eigenvalue weighted by Gasteiger charge is 2.07. The molecule has 0 amide bonds. The van der Waals surface area contributed by atoms with Gasteiger partial charge in [-0.25, -0.2) is 9.37 Å². The van der Waals surface area contributed by atoms with Crippen LogP contribution >= 0.6 is 11.3 Å². The molecule has 1 heterocycles. The van der Waals surface area contributed by atoms with Crippen LogP contribution in [-0.4, -0.2) is 4.98 Å². The van der Waals surface area contributed by atoms with Gasteiger partial charge in [-0.05, 0) is 18.1 Å². The maximum Gasteiger partial charge on any atom is 0.123 e. The van der Waals surface area contributed by atoms with Crippen LogP contribution in [0.15, 0.2) is 29.6 Å². The summed E-state index contributed by atoms with van der Waals surface area (Å²) in [6.07, 6.45) is 0. The molecule has 1 nitrogen and oxygen atoms in total. The van der Waals surface area contributed by atoms with Crippen molar-refractivity contribution in [1.82, 2.24) is 4.98 Å². The van der Waals surface area contributed by atoms with Gasteiger partial charge in [0.1, 0.15) is 10.8 Å². The Labute approximate surface area is 92.6 Å². The van der Waals surface area contributed by atoms with Crippen LogP contribution in [0.1, 0.15) is 25.5 Å². The second kappa shape index (κ2) is 4.11. The Kier molecular flexibility index (Phi) is 2.82. The van der Waals surface area contributed by atoms with Gasteiger partial charge >= 0.3 is 0 Å². The zero-order chi connectivity index (χ0) is 10.8. The van der Waals surface area contributed by atoms with E-state index in [1.807, 2.05) is 11.4 Å². The second-order valence-electron chi connectivity index (χ2n) is 3.74. The molecule has 0 saturated carbocycles. The largest absolute Gasteiger partial charge is 0.241 e. The van der Waals surface area contributed by atoms with Crippen LogP contribution in [0.5, 0.6) is 0 Å². The summed E-state index contributed by atoms with van der Waals surface area (Å²) in [6.45, 7) is 4.20. The lowest BCUT2D eigenvalue weighted by Gasteiger charge is -1.98. The first kappa shape index (κ1) is 10.3. The molecule has 15 heavy (non-hydrogen) atoms. The Balaban J connectivity index is 2.37. The number of halogens is 1. The summed E-state index contributed by atoms with van der Waals surface area (Å²) in [4.78, 5) is 4.47. The van der Waals surface area contributed by atoms with Gasteiger partial charge in [-0.2, -0.15) is 0 Å². The molecular formula is C12H12FNS. The van der Waals surface area contributed by atoms with Crippen LogP contribution in [0.4, 0.5) is 4.39 Å². The molecule has 0 aliphatic heterocycles. The van der Waals surface area contributed by atoms with Crippen molar-refractivity contribution >= 4 is 11.3 Å². The molecule has 0 fully saturated rings. The van der Waals surface area contributed by atoms with E-state index in [0.29, 0.717) is 5.92 Å². The third-order valence-corrected chi connectivity index (χ3v) is 3.09. The molecule has 0 atom stereocenters. The Morgan fingerprint density at radius 2 is 2.13 bits per heavy atom. The average Bonchev–Trinajstić information content (AvgIpc) is 2.66. The van der Waals surface area contributed by atoms with Crippen molar-refractivity contribution in [2.75, 3.05) is 0 Å². The summed E-state index contributed by atoms with van der Waals surface area (Å²) in [5.41, 5.74) is 1.92. The molecular weight excluding hydrogens is 209 g/mol. The molecule has 0 N–H and O–H groups in total. The van der Waals surface area contributed by atoms with Gasteiger partial charge in [-0.3, -0.25) is 0 Å². The predicted octanol–water partition coefficient (Wildman–Crippen LogP) is 4.07. The summed E-state index contributed by atoms with van der Waals surface area (Å²) in [5, 5.41) is 2.92. The monoisotopic (exact) mass is 221 g/mol. The number of aromatic nitrogens is 1. The third kappa shape index (κ3) is 2.23. The number of hydrogen-bond donors (Lipinski definition) is 0. The van der Waals surface area contributed by atoms with Crippen molar-refractivity contribution in [3.05, 3.63) is 41.2 Å². The van der Waals surface area contributed by atoms with Crippen molar-refractivity contribution in [3.63, 3.8) is 0 Å². The van der Waals surface area contributed by atoms with Gasteiger partial charge in [0.25, 0.3) is 0 Å². The molecule has 2 rings (SSSR count). The highest BCUT2D eigenvalue weighted by molar-refractivity contribution is 7.13. The molecule has 0 radical (unpaired) electrons. The molecule has 0 unspecified atom stereocenters. The fourth-order valence-electron chi connectivity index (χ4n) is 1.31. The number of benzene rings is 1. The van der Waals surface area contributed by atoms with Gasteiger partial charge in [-0.15, -0.1) is 11.3 Å². The number of rotatable bonds is 2. The van der Waals surface area contributed by atoms with Crippen molar-refractivity contribution in [2.24, 2.45) is 0 Å². The Morgan fingerprint density at radius 1 is 1.33 bits per heavy atom. The zero-order valence-corrected chi connectivity index (χ0v) is 9.51. The summed E-state index contributed by atoms with van der Waals surface area (Å²) in [5.74, 6) is 0.206. The fraction of sp³-hybridized carbons (Fsp3) is 0.250. The van der Waals surface area contributed by atoms with E-state index in [4.69, 9.17) is 0 Å². The van der Waals surface area contributed by atoms with E-state index in [0.717, 1.165) is 16.3 Å². The molecule has 0 saturated heterocycles. The van der Waals surface area contributed by atoms with Gasteiger partial charge in [0.2, 0.25) is 0 Å². The standard InChI is InChI=1S/C12H12FNS/c1-8(2)11-7-15-12(14-11)9-4-3-5-10(13)6-9/h3-8H,1-2H3. The lowest BCUT2D eigenvalue weighted by molar-refractivity contribution is 0.628. The minimum atomic E-state index is -0.214. The third-order valence-electron chi connectivity index (χ3n) is 2.19. The van der Waals surface area contributed by atoms with E-state index in [2.05, 4.69) is 18.8 Å². The Hall–Kier alpha value is -1.22. The van der Waals surface area contributed by atoms with Crippen LogP contribution < -0.4 is 0 Å². The molecule has 1 aromatic heterocycles. The topological polar surface area (TPSA) is 12.9 Å². The van der Waals surface area contributed by atoms with E-state index in [1.165, 1.54) is 12.1 Å². The maximum absolute atomic E-state index is 13.0. The number of hydrogen-bond acceptors (Lipinski definition) is 2. The predicted molar refractivity (Wildman–Crippen MR) is 61.6 cm³/mol. The maximum atomic E-state index is 13.0. The van der Waals surface area contributed by atoms with Crippen LogP contribution in [0.2, 0.25) is 0 Å². The summed E-state index contributed by atoms with van der Waals surface area (Å²) in [7, 11) is 0. The molecule has 1 aromatic carbocycles. The highest BCUT2D eigenvalue weighted by atomic mass is 32.1. The Morgan fingerprint density at radius 3 is 2.73 bits per heavy atom. The number of thiazole rings is 1. The van der Waals surface area contributed by atoms with Gasteiger partial charge in [0.05, 0.1) is 5.69 Å². The zero-order valence-electron chi connectivity index (χ0n) is 8.70. The van der Waals surface area contributed by atoms with Crippen molar-refractivity contribution in [2.45, 2.75) is 19.8 Å². The van der Waals surface area contributed by atoms with Crippen LogP contribution in [0, 0.1) is 5.82 Å². The van der Waals surface area contributed by atoms with Gasteiger partial charge in [0.15, 0.2) is 0 Å². The molecule has 78 valence electrons. The van der Waals surface area contributed by atoms with Gasteiger partial charge in [0, 0.05) is 10.9 Å². The second-order valence-corrected chi connectivity index (χ2v) is 4.60. The van der Waals surface area contributed by atoms with Crippen LogP contribution in [-0.2, 0) is 0 Å². The fourth-order valence-corrected chi connectivity index (χ4v) is 2.28. The minimum Gasteiger partial charge on any atom is -0.241 e. The molecule has 0 aliphatic carbocycles. The highest BCUT2D eigenvalue weighted by Crippen LogP contribution is 2.26.